The van der Waals surface area contributed by atoms with Gasteiger partial charge in [0.2, 0.25) is 10.0 Å². The number of unbranched alkanes of at least 4 members (excludes halogenated alkanes) is 2. The number of nitrogens with zero attached hydrogens (tertiary/aromatic N) is 1. The van der Waals surface area contributed by atoms with Crippen molar-refractivity contribution in [1.82, 2.24) is 9.79 Å². The number of phenols is 1. The van der Waals surface area contributed by atoms with Crippen LogP contribution < -0.4 is 10.2 Å². The van der Waals surface area contributed by atoms with Crippen LogP contribution in [-0.4, -0.2) is 49.0 Å². The summed E-state index contributed by atoms with van der Waals surface area (Å²) in [5.41, 5.74) is 2.48. The number of sulfonamides is 1. The van der Waals surface area contributed by atoms with Crippen LogP contribution in [-0.2, 0) is 14.9 Å². The van der Waals surface area contributed by atoms with Crippen LogP contribution in [0.15, 0.2) is 53.4 Å². The highest BCUT2D eigenvalue weighted by Crippen LogP contribution is 2.26. The first-order valence-electron chi connectivity index (χ1n) is 11.8. The molecule has 34 heavy (non-hydrogen) atoms. The van der Waals surface area contributed by atoms with E-state index in [1.54, 1.807) is 36.4 Å². The molecule has 2 N–H and O–H groups in total. The molecule has 2 aromatic rings. The lowest BCUT2D eigenvalue weighted by Crippen LogP contribution is -2.42. The Kier molecular flexibility index (Phi) is 9.32. The molecule has 3 rings (SSSR count). The number of aromatic hydroxyl groups is 1. The minimum absolute atomic E-state index is 0.0346. The molecule has 1 aliphatic rings. The maximum atomic E-state index is 13.4. The molecule has 186 valence electrons. The largest absolute Gasteiger partial charge is 0.508 e. The van der Waals surface area contributed by atoms with Crippen LogP contribution in [0, 0.1) is 0 Å². The Labute approximate surface area is 201 Å². The van der Waals surface area contributed by atoms with Crippen LogP contribution in [0.25, 0.3) is 0 Å². The highest BCUT2D eigenvalue weighted by Gasteiger charge is 2.33. The van der Waals surface area contributed by atoms with Gasteiger partial charge in [-0.05, 0) is 62.6 Å². The molecular formula is C25H34N2O6S. The zero-order valence-corrected chi connectivity index (χ0v) is 20.6. The molecular weight excluding hydrogens is 456 g/mol. The van der Waals surface area contributed by atoms with E-state index in [1.165, 1.54) is 16.4 Å². The van der Waals surface area contributed by atoms with Gasteiger partial charge >= 0.3 is 0 Å². The third kappa shape index (κ3) is 6.94. The van der Waals surface area contributed by atoms with Crippen LogP contribution in [0.3, 0.4) is 0 Å². The van der Waals surface area contributed by atoms with Crippen LogP contribution in [0.2, 0.25) is 0 Å². The standard InChI is InChI=1S/C25H34N2O6S/c1-3-4-5-8-19(2)33-26-25(29)23-9-6-7-10-24(23)34(30,31)27-17-15-22(16-18-27)32-21-13-11-20(28)12-14-21/h6-7,9-14,19,22,28H,3-5,8,15-18H2,1-2H3,(H,26,29). The molecule has 1 aliphatic heterocycles. The van der Waals surface area contributed by atoms with Crippen LogP contribution >= 0.6 is 0 Å². The highest BCUT2D eigenvalue weighted by atomic mass is 32.2. The van der Waals surface area contributed by atoms with Gasteiger partial charge in [-0.2, -0.15) is 4.31 Å². The molecule has 2 aromatic carbocycles. The van der Waals surface area contributed by atoms with Crippen molar-refractivity contribution in [2.75, 3.05) is 13.1 Å². The second kappa shape index (κ2) is 12.2. The SMILES string of the molecule is CCCCCC(C)ONC(=O)c1ccccc1S(=O)(=O)N1CCC(Oc2ccc(O)cc2)CC1. The van der Waals surface area contributed by atoms with Gasteiger partial charge in [-0.25, -0.2) is 13.9 Å². The van der Waals surface area contributed by atoms with Gasteiger partial charge in [0, 0.05) is 13.1 Å². The molecule has 1 atom stereocenters. The lowest BCUT2D eigenvalue weighted by Gasteiger charge is -2.31. The molecule has 0 saturated carbocycles. The average Bonchev–Trinajstić information content (AvgIpc) is 2.84. The Morgan fingerprint density at radius 3 is 2.47 bits per heavy atom. The first-order chi connectivity index (χ1) is 16.3. The van der Waals surface area contributed by atoms with Crippen molar-refractivity contribution < 1.29 is 27.9 Å². The third-order valence-corrected chi connectivity index (χ3v) is 7.81. The summed E-state index contributed by atoms with van der Waals surface area (Å²) in [6.45, 7) is 4.57. The average molecular weight is 491 g/mol. The zero-order chi connectivity index (χ0) is 24.6. The number of ether oxygens (including phenoxy) is 1. The fraction of sp³-hybridized carbons (Fsp3) is 0.480. The summed E-state index contributed by atoms with van der Waals surface area (Å²) in [6, 6.07) is 12.6. The molecule has 0 aromatic heterocycles. The molecule has 0 aliphatic carbocycles. The van der Waals surface area contributed by atoms with Crippen LogP contribution in [0.4, 0.5) is 0 Å². The summed E-state index contributed by atoms with van der Waals surface area (Å²) in [5.74, 6) is 0.212. The van der Waals surface area contributed by atoms with Crippen LogP contribution in [0.5, 0.6) is 11.5 Å². The molecule has 0 bridgehead atoms. The Hall–Kier alpha value is -2.62. The van der Waals surface area contributed by atoms with E-state index in [-0.39, 0.29) is 41.5 Å². The lowest BCUT2D eigenvalue weighted by molar-refractivity contribution is -0.0121. The Balaban J connectivity index is 1.61. The minimum Gasteiger partial charge on any atom is -0.508 e. The predicted octanol–water partition coefficient (Wildman–Crippen LogP) is 4.25. The molecule has 0 radical (unpaired) electrons. The summed E-state index contributed by atoms with van der Waals surface area (Å²) < 4.78 is 34.0. The number of carbonyl (C=O) groups excluding carboxylic acids is 1. The first-order valence-corrected chi connectivity index (χ1v) is 13.3. The Morgan fingerprint density at radius 1 is 1.12 bits per heavy atom. The zero-order valence-electron chi connectivity index (χ0n) is 19.8. The summed E-state index contributed by atoms with van der Waals surface area (Å²) in [5, 5.41) is 9.40. The van der Waals surface area contributed by atoms with E-state index in [4.69, 9.17) is 9.57 Å². The minimum atomic E-state index is -3.87. The molecule has 1 heterocycles. The molecule has 8 nitrogen and oxygen atoms in total. The fourth-order valence-corrected chi connectivity index (χ4v) is 5.53. The number of carbonyl (C=O) groups is 1. The summed E-state index contributed by atoms with van der Waals surface area (Å²) in [7, 11) is -3.87. The highest BCUT2D eigenvalue weighted by molar-refractivity contribution is 7.89. The van der Waals surface area contributed by atoms with E-state index >= 15 is 0 Å². The number of amides is 1. The number of piperidine rings is 1. The summed E-state index contributed by atoms with van der Waals surface area (Å²) >= 11 is 0. The van der Waals surface area contributed by atoms with E-state index in [1.807, 2.05) is 6.92 Å². The van der Waals surface area contributed by atoms with Gasteiger partial charge < -0.3 is 9.84 Å². The number of hydroxylamine groups is 1. The first kappa shape index (κ1) is 26.0. The van der Waals surface area contributed by atoms with E-state index in [2.05, 4.69) is 12.4 Å². The van der Waals surface area contributed by atoms with Gasteiger partial charge in [-0.3, -0.25) is 9.63 Å². The number of hydrogen-bond acceptors (Lipinski definition) is 6. The van der Waals surface area contributed by atoms with E-state index < -0.39 is 15.9 Å². The molecule has 9 heteroatoms. The Bertz CT molecular complexity index is 1030. The summed E-state index contributed by atoms with van der Waals surface area (Å²) in [4.78, 5) is 18.2. The van der Waals surface area contributed by atoms with Crippen molar-refractivity contribution in [3.05, 3.63) is 54.1 Å². The normalized spacial score (nSPS) is 16.2. The van der Waals surface area contributed by atoms with Gasteiger partial charge in [0.1, 0.15) is 17.6 Å². The van der Waals surface area contributed by atoms with E-state index in [9.17, 15) is 18.3 Å². The smallest absolute Gasteiger partial charge is 0.276 e. The van der Waals surface area contributed by atoms with Crippen molar-refractivity contribution in [3.8, 4) is 11.5 Å². The second-order valence-electron chi connectivity index (χ2n) is 8.57. The number of phenolic OH excluding ortho intramolecular Hbond substituents is 1. The van der Waals surface area contributed by atoms with Crippen molar-refractivity contribution in [2.45, 2.75) is 69.5 Å². The van der Waals surface area contributed by atoms with Gasteiger partial charge in [0.05, 0.1) is 16.6 Å². The molecule has 0 spiro atoms. The van der Waals surface area contributed by atoms with E-state index in [0.717, 1.165) is 25.7 Å². The number of rotatable bonds is 11. The van der Waals surface area contributed by atoms with Crippen molar-refractivity contribution >= 4 is 15.9 Å². The fourth-order valence-electron chi connectivity index (χ4n) is 3.88. The van der Waals surface area contributed by atoms with Gasteiger partial charge in [-0.1, -0.05) is 38.3 Å². The maximum Gasteiger partial charge on any atom is 0.276 e. The van der Waals surface area contributed by atoms with Crippen molar-refractivity contribution in [3.63, 3.8) is 0 Å². The number of hydrogen-bond donors (Lipinski definition) is 2. The summed E-state index contributed by atoms with van der Waals surface area (Å²) in [6.07, 6.45) is 4.77. The molecule has 1 unspecified atom stereocenters. The van der Waals surface area contributed by atoms with Crippen LogP contribution in [0.1, 0.15) is 62.7 Å². The number of nitrogens with one attached hydrogen (secondary N) is 1. The number of benzene rings is 2. The van der Waals surface area contributed by atoms with Gasteiger partial charge in [0.25, 0.3) is 5.91 Å². The second-order valence-corrected chi connectivity index (χ2v) is 10.5. The molecule has 1 fully saturated rings. The van der Waals surface area contributed by atoms with Crippen molar-refractivity contribution in [1.29, 1.82) is 0 Å². The third-order valence-electron chi connectivity index (χ3n) is 5.86. The van der Waals surface area contributed by atoms with Gasteiger partial charge in [0.15, 0.2) is 0 Å². The van der Waals surface area contributed by atoms with Crippen molar-refractivity contribution in [2.24, 2.45) is 0 Å². The van der Waals surface area contributed by atoms with Gasteiger partial charge in [-0.15, -0.1) is 0 Å². The molecule has 1 saturated heterocycles. The topological polar surface area (TPSA) is 105 Å². The molecule has 1 amide bonds. The monoisotopic (exact) mass is 490 g/mol. The predicted molar refractivity (Wildman–Crippen MR) is 129 cm³/mol. The lowest BCUT2D eigenvalue weighted by atomic mass is 10.1. The quantitative estimate of drug-likeness (QED) is 0.360. The maximum absolute atomic E-state index is 13.4. The Morgan fingerprint density at radius 2 is 1.79 bits per heavy atom. The van der Waals surface area contributed by atoms with E-state index in [0.29, 0.717) is 18.6 Å².